The minimum atomic E-state index is 0.672. The Bertz CT molecular complexity index is 1430. The van der Waals surface area contributed by atoms with Gasteiger partial charge >= 0.3 is 0 Å². The summed E-state index contributed by atoms with van der Waals surface area (Å²) >= 11 is 6.68. The molecular formula is C25H19ClN6. The number of nitrogens with zero attached hydrogens (tertiary/aromatic N) is 6. The van der Waals surface area contributed by atoms with Crippen LogP contribution in [0.15, 0.2) is 85.8 Å². The highest BCUT2D eigenvalue weighted by atomic mass is 35.5. The van der Waals surface area contributed by atoms with E-state index in [1.165, 1.54) is 0 Å². The number of imidazole rings is 1. The molecule has 0 saturated heterocycles. The normalized spacial score (nSPS) is 13.1. The van der Waals surface area contributed by atoms with Crippen LogP contribution in [0, 0.1) is 0 Å². The average Bonchev–Trinajstić information content (AvgIpc) is 3.48. The van der Waals surface area contributed by atoms with Crippen molar-refractivity contribution in [1.29, 1.82) is 0 Å². The molecule has 5 aromatic rings. The fraction of sp³-hybridized carbons (Fsp3) is 0.0800. The maximum Gasteiger partial charge on any atom is 0.0992 e. The Balaban J connectivity index is 1.50. The Morgan fingerprint density at radius 2 is 1.84 bits per heavy atom. The molecule has 6 rings (SSSR count). The third-order valence-electron chi connectivity index (χ3n) is 5.88. The van der Waals surface area contributed by atoms with E-state index in [-0.39, 0.29) is 0 Å². The van der Waals surface area contributed by atoms with Crippen molar-refractivity contribution in [1.82, 2.24) is 19.5 Å². The first-order valence-corrected chi connectivity index (χ1v) is 10.7. The summed E-state index contributed by atoms with van der Waals surface area (Å²) in [6, 6.07) is 16.5. The Labute approximate surface area is 190 Å². The van der Waals surface area contributed by atoms with Gasteiger partial charge in [0, 0.05) is 48.5 Å². The summed E-state index contributed by atoms with van der Waals surface area (Å²) < 4.78 is 1.91. The third-order valence-corrected chi connectivity index (χ3v) is 6.18. The number of benzene rings is 2. The first kappa shape index (κ1) is 18.8. The molecule has 1 aliphatic rings. The molecule has 4 heterocycles. The van der Waals surface area contributed by atoms with E-state index in [2.05, 4.69) is 57.1 Å². The molecule has 0 spiro atoms. The van der Waals surface area contributed by atoms with E-state index in [1.807, 2.05) is 41.4 Å². The summed E-state index contributed by atoms with van der Waals surface area (Å²) in [6.07, 6.45) is 11.0. The van der Waals surface area contributed by atoms with Gasteiger partial charge in [0.25, 0.3) is 0 Å². The topological polar surface area (TPSA) is 50.1 Å². The fourth-order valence-corrected chi connectivity index (χ4v) is 4.56. The molecule has 0 saturated carbocycles. The summed E-state index contributed by atoms with van der Waals surface area (Å²) in [5.41, 5.74) is 7.31. The number of pyridine rings is 2. The molecule has 0 amide bonds. The SMILES string of the molecule is CN1CN(c2ccc(-n3ccnc3)c(Cl)c2)c2c1cnc1ccc(-c3cccnc3)cc21. The predicted octanol–water partition coefficient (Wildman–Crippen LogP) is 5.68. The highest BCUT2D eigenvalue weighted by Gasteiger charge is 2.28. The average molecular weight is 439 g/mol. The van der Waals surface area contributed by atoms with Crippen molar-refractivity contribution in [2.45, 2.75) is 0 Å². The standard InChI is InChI=1S/C25H19ClN6/c1-30-16-32(19-5-7-23(21(26)12-19)31-10-9-28-15-31)25-20-11-17(18-3-2-8-27-13-18)4-6-22(20)29-14-24(25)30/h2-15H,16H2,1H3. The summed E-state index contributed by atoms with van der Waals surface area (Å²) in [6.45, 7) is 0.716. The molecule has 156 valence electrons. The number of fused-ring (bicyclic) bond motifs is 3. The van der Waals surface area contributed by atoms with Gasteiger partial charge < -0.3 is 14.4 Å². The van der Waals surface area contributed by atoms with Crippen LogP contribution in [0.4, 0.5) is 17.1 Å². The zero-order chi connectivity index (χ0) is 21.7. The Morgan fingerprint density at radius 1 is 0.906 bits per heavy atom. The van der Waals surface area contributed by atoms with Gasteiger partial charge in [-0.05, 0) is 42.0 Å². The fourth-order valence-electron chi connectivity index (χ4n) is 4.29. The molecule has 2 aromatic carbocycles. The molecule has 3 aromatic heterocycles. The molecule has 7 heteroatoms. The maximum atomic E-state index is 6.68. The van der Waals surface area contributed by atoms with Crippen LogP contribution in [0.25, 0.3) is 27.7 Å². The van der Waals surface area contributed by atoms with E-state index in [0.717, 1.165) is 44.8 Å². The van der Waals surface area contributed by atoms with Gasteiger partial charge in [0.05, 0.1) is 46.8 Å². The van der Waals surface area contributed by atoms with Crippen molar-refractivity contribution in [3.8, 4) is 16.8 Å². The number of rotatable bonds is 3. The van der Waals surface area contributed by atoms with Crippen LogP contribution >= 0.6 is 11.6 Å². The largest absolute Gasteiger partial charge is 0.354 e. The zero-order valence-electron chi connectivity index (χ0n) is 17.4. The highest BCUT2D eigenvalue weighted by molar-refractivity contribution is 6.32. The quantitative estimate of drug-likeness (QED) is 0.362. The minimum Gasteiger partial charge on any atom is -0.354 e. The molecule has 0 fully saturated rings. The van der Waals surface area contributed by atoms with Crippen molar-refractivity contribution < 1.29 is 0 Å². The van der Waals surface area contributed by atoms with E-state index in [0.29, 0.717) is 11.7 Å². The third kappa shape index (κ3) is 2.99. The lowest BCUT2D eigenvalue weighted by Gasteiger charge is -2.21. The van der Waals surface area contributed by atoms with E-state index in [1.54, 1.807) is 18.7 Å². The van der Waals surface area contributed by atoms with Crippen LogP contribution in [-0.4, -0.2) is 33.2 Å². The van der Waals surface area contributed by atoms with Gasteiger partial charge in [-0.15, -0.1) is 0 Å². The first-order valence-electron chi connectivity index (χ1n) is 10.3. The summed E-state index contributed by atoms with van der Waals surface area (Å²) in [5.74, 6) is 0. The molecule has 6 nitrogen and oxygen atoms in total. The number of aromatic nitrogens is 4. The highest BCUT2D eigenvalue weighted by Crippen LogP contribution is 2.45. The van der Waals surface area contributed by atoms with Gasteiger partial charge in [0.15, 0.2) is 0 Å². The molecule has 0 unspecified atom stereocenters. The molecular weight excluding hydrogens is 420 g/mol. The zero-order valence-corrected chi connectivity index (χ0v) is 18.1. The lowest BCUT2D eigenvalue weighted by molar-refractivity contribution is 0.948. The molecule has 0 N–H and O–H groups in total. The van der Waals surface area contributed by atoms with Gasteiger partial charge in [0.2, 0.25) is 0 Å². The van der Waals surface area contributed by atoms with E-state index < -0.39 is 0 Å². The smallest absolute Gasteiger partial charge is 0.0992 e. The number of anilines is 3. The van der Waals surface area contributed by atoms with E-state index >= 15 is 0 Å². The van der Waals surface area contributed by atoms with Crippen LogP contribution in [0.5, 0.6) is 0 Å². The van der Waals surface area contributed by atoms with Gasteiger partial charge in [-0.3, -0.25) is 9.97 Å². The van der Waals surface area contributed by atoms with Crippen LogP contribution < -0.4 is 9.80 Å². The lowest BCUT2D eigenvalue weighted by Crippen LogP contribution is -2.24. The molecule has 0 atom stereocenters. The second-order valence-corrected chi connectivity index (χ2v) is 8.25. The molecule has 0 bridgehead atoms. The Morgan fingerprint density at radius 3 is 2.62 bits per heavy atom. The van der Waals surface area contributed by atoms with Gasteiger partial charge in [-0.1, -0.05) is 23.7 Å². The maximum absolute atomic E-state index is 6.68. The molecule has 0 aliphatic carbocycles. The summed E-state index contributed by atoms with van der Waals surface area (Å²) in [5, 5.41) is 1.77. The monoisotopic (exact) mass is 438 g/mol. The van der Waals surface area contributed by atoms with Crippen LogP contribution in [-0.2, 0) is 0 Å². The Kier molecular flexibility index (Phi) is 4.33. The molecule has 1 aliphatic heterocycles. The second kappa shape index (κ2) is 7.35. The summed E-state index contributed by atoms with van der Waals surface area (Å²) in [4.78, 5) is 17.6. The van der Waals surface area contributed by atoms with Crippen LogP contribution in [0.3, 0.4) is 0 Å². The number of hydrogen-bond acceptors (Lipinski definition) is 5. The van der Waals surface area contributed by atoms with E-state index in [9.17, 15) is 0 Å². The van der Waals surface area contributed by atoms with Gasteiger partial charge in [-0.25, -0.2) is 4.98 Å². The first-order chi connectivity index (χ1) is 15.7. The van der Waals surface area contributed by atoms with Crippen molar-refractivity contribution in [2.75, 3.05) is 23.5 Å². The molecule has 0 radical (unpaired) electrons. The van der Waals surface area contributed by atoms with Crippen molar-refractivity contribution in [3.63, 3.8) is 0 Å². The lowest BCUT2D eigenvalue weighted by atomic mass is 10.0. The van der Waals surface area contributed by atoms with Gasteiger partial charge in [0.1, 0.15) is 0 Å². The van der Waals surface area contributed by atoms with Crippen molar-refractivity contribution in [2.24, 2.45) is 0 Å². The Hall–Kier alpha value is -3.90. The second-order valence-electron chi connectivity index (χ2n) is 7.84. The van der Waals surface area contributed by atoms with Crippen molar-refractivity contribution in [3.05, 3.63) is 90.9 Å². The van der Waals surface area contributed by atoms with Crippen molar-refractivity contribution >= 4 is 39.6 Å². The van der Waals surface area contributed by atoms with Crippen LogP contribution in [0.2, 0.25) is 5.02 Å². The summed E-state index contributed by atoms with van der Waals surface area (Å²) in [7, 11) is 2.08. The number of halogens is 1. The number of hydrogen-bond donors (Lipinski definition) is 0. The minimum absolute atomic E-state index is 0.672. The predicted molar refractivity (Wildman–Crippen MR) is 129 cm³/mol. The van der Waals surface area contributed by atoms with Gasteiger partial charge in [-0.2, -0.15) is 0 Å². The van der Waals surface area contributed by atoms with E-state index in [4.69, 9.17) is 16.6 Å². The molecule has 32 heavy (non-hydrogen) atoms. The van der Waals surface area contributed by atoms with Crippen LogP contribution in [0.1, 0.15) is 0 Å².